The number of para-hydroxylation sites is 2. The second kappa shape index (κ2) is 5.97. The maximum atomic E-state index is 11.9. The molecule has 0 fully saturated rings. The molecule has 0 aliphatic carbocycles. The molecule has 2 aromatic heterocycles. The lowest BCUT2D eigenvalue weighted by Crippen LogP contribution is -2.29. The molecule has 0 aliphatic rings. The minimum atomic E-state index is -0.295. The van der Waals surface area contributed by atoms with Gasteiger partial charge in [0, 0.05) is 32.0 Å². The molecule has 3 aromatic rings. The summed E-state index contributed by atoms with van der Waals surface area (Å²) in [5.74, 6) is -0.295. The molecule has 0 aliphatic heterocycles. The summed E-state index contributed by atoms with van der Waals surface area (Å²) < 4.78 is 8.80. The van der Waals surface area contributed by atoms with Crippen molar-refractivity contribution in [3.05, 3.63) is 53.3 Å². The summed E-state index contributed by atoms with van der Waals surface area (Å²) in [5.41, 5.74) is 1.49. The van der Waals surface area contributed by atoms with Crippen LogP contribution in [0.3, 0.4) is 0 Å². The molecule has 6 heteroatoms. The Morgan fingerprint density at radius 3 is 2.81 bits per heavy atom. The largest absolute Gasteiger partial charge is 0.419 e. The highest BCUT2D eigenvalue weighted by Crippen LogP contribution is 2.11. The average molecular weight is 286 g/mol. The third-order valence-corrected chi connectivity index (χ3v) is 3.55. The second-order valence-corrected chi connectivity index (χ2v) is 5.06. The van der Waals surface area contributed by atoms with Gasteiger partial charge in [0.1, 0.15) is 0 Å². The van der Waals surface area contributed by atoms with Crippen molar-refractivity contribution in [1.82, 2.24) is 19.2 Å². The molecule has 0 N–H and O–H groups in total. The molecule has 0 atom stereocenters. The first-order valence-corrected chi connectivity index (χ1v) is 6.98. The number of fused-ring (bicyclic) bond motifs is 1. The van der Waals surface area contributed by atoms with Crippen molar-refractivity contribution in [1.29, 1.82) is 0 Å². The highest BCUT2D eigenvalue weighted by atomic mass is 16.4. The molecule has 3 rings (SSSR count). The topological polar surface area (TPSA) is 56.2 Å². The Hall–Kier alpha value is -2.34. The van der Waals surface area contributed by atoms with Crippen LogP contribution in [0.25, 0.3) is 11.1 Å². The number of aromatic nitrogens is 3. The van der Waals surface area contributed by atoms with Gasteiger partial charge in [-0.1, -0.05) is 12.1 Å². The third kappa shape index (κ3) is 3.05. The second-order valence-electron chi connectivity index (χ2n) is 5.06. The third-order valence-electron chi connectivity index (χ3n) is 3.55. The first kappa shape index (κ1) is 13.6. The van der Waals surface area contributed by atoms with E-state index >= 15 is 0 Å². The summed E-state index contributed by atoms with van der Waals surface area (Å²) in [6.45, 7) is 3.12. The summed E-state index contributed by atoms with van der Waals surface area (Å²) in [7, 11) is 2.04. The van der Waals surface area contributed by atoms with E-state index in [0.717, 1.165) is 25.2 Å². The lowest BCUT2D eigenvalue weighted by atomic mass is 10.3. The van der Waals surface area contributed by atoms with Gasteiger partial charge in [0.05, 0.1) is 12.1 Å². The van der Waals surface area contributed by atoms with Crippen LogP contribution < -0.4 is 5.76 Å². The van der Waals surface area contributed by atoms with Crippen LogP contribution in [0.2, 0.25) is 0 Å². The molecule has 2 heterocycles. The van der Waals surface area contributed by atoms with Crippen LogP contribution in [0.15, 0.2) is 51.9 Å². The monoisotopic (exact) mass is 286 g/mol. The molecule has 0 amide bonds. The zero-order valence-electron chi connectivity index (χ0n) is 12.0. The standard InChI is InChI=1S/C15H18N4O2/c1-17(9-11-18-8-4-7-16-18)10-12-19-13-5-2-3-6-14(13)21-15(19)20/h2-8H,9-12H2,1H3. The zero-order chi connectivity index (χ0) is 14.7. The van der Waals surface area contributed by atoms with E-state index < -0.39 is 0 Å². The average Bonchev–Trinajstić information content (AvgIpc) is 3.10. The van der Waals surface area contributed by atoms with E-state index in [1.807, 2.05) is 48.3 Å². The lowest BCUT2D eigenvalue weighted by Gasteiger charge is -2.16. The lowest BCUT2D eigenvalue weighted by molar-refractivity contribution is 0.296. The van der Waals surface area contributed by atoms with Crippen LogP contribution in [0.4, 0.5) is 0 Å². The van der Waals surface area contributed by atoms with Gasteiger partial charge in [-0.25, -0.2) is 4.79 Å². The molecule has 0 saturated carbocycles. The smallest absolute Gasteiger partial charge is 0.408 e. The Kier molecular flexibility index (Phi) is 3.87. The summed E-state index contributed by atoms with van der Waals surface area (Å²) in [6.07, 6.45) is 3.72. The van der Waals surface area contributed by atoms with Gasteiger partial charge in [-0.2, -0.15) is 5.10 Å². The molecule has 0 radical (unpaired) electrons. The van der Waals surface area contributed by atoms with Crippen LogP contribution in [-0.4, -0.2) is 39.4 Å². The van der Waals surface area contributed by atoms with Crippen LogP contribution >= 0.6 is 0 Å². The minimum Gasteiger partial charge on any atom is -0.408 e. The number of benzene rings is 1. The quantitative estimate of drug-likeness (QED) is 0.688. The predicted octanol–water partition coefficient (Wildman–Crippen LogP) is 1.42. The first-order valence-electron chi connectivity index (χ1n) is 6.98. The van der Waals surface area contributed by atoms with Gasteiger partial charge in [0.25, 0.3) is 0 Å². The van der Waals surface area contributed by atoms with E-state index in [1.165, 1.54) is 0 Å². The normalized spacial score (nSPS) is 11.5. The van der Waals surface area contributed by atoms with Gasteiger partial charge < -0.3 is 9.32 Å². The van der Waals surface area contributed by atoms with Crippen molar-refractivity contribution in [3.63, 3.8) is 0 Å². The van der Waals surface area contributed by atoms with E-state index in [1.54, 1.807) is 10.8 Å². The van der Waals surface area contributed by atoms with Gasteiger partial charge in [0.2, 0.25) is 0 Å². The van der Waals surface area contributed by atoms with Crippen molar-refractivity contribution >= 4 is 11.1 Å². The molecule has 0 unspecified atom stereocenters. The molecule has 110 valence electrons. The van der Waals surface area contributed by atoms with Gasteiger partial charge in [-0.3, -0.25) is 9.25 Å². The van der Waals surface area contributed by atoms with Crippen LogP contribution in [0, 0.1) is 0 Å². The Bertz CT molecular complexity index is 757. The number of oxazole rings is 1. The Morgan fingerprint density at radius 2 is 2.00 bits per heavy atom. The number of nitrogens with zero attached hydrogens (tertiary/aromatic N) is 4. The van der Waals surface area contributed by atoms with Crippen LogP contribution in [-0.2, 0) is 13.1 Å². The van der Waals surface area contributed by atoms with Crippen molar-refractivity contribution in [2.75, 3.05) is 20.1 Å². The molecule has 1 aromatic carbocycles. The number of hydrogen-bond acceptors (Lipinski definition) is 4. The number of likely N-dealkylation sites (N-methyl/N-ethyl adjacent to an activating group) is 1. The summed E-state index contributed by atoms with van der Waals surface area (Å²) in [6, 6.07) is 9.41. The van der Waals surface area contributed by atoms with Crippen molar-refractivity contribution in [2.45, 2.75) is 13.1 Å². The molecule has 6 nitrogen and oxygen atoms in total. The van der Waals surface area contributed by atoms with E-state index in [2.05, 4.69) is 10.00 Å². The molecular formula is C15H18N4O2. The Balaban J connectivity index is 1.61. The predicted molar refractivity (Wildman–Crippen MR) is 80.2 cm³/mol. The van der Waals surface area contributed by atoms with E-state index in [0.29, 0.717) is 12.1 Å². The highest BCUT2D eigenvalue weighted by molar-refractivity contribution is 5.72. The molecule has 0 saturated heterocycles. The summed E-state index contributed by atoms with van der Waals surface area (Å²) in [5, 5.41) is 4.17. The van der Waals surface area contributed by atoms with Gasteiger partial charge in [-0.15, -0.1) is 0 Å². The Labute approximate surface area is 122 Å². The molecule has 21 heavy (non-hydrogen) atoms. The molecular weight excluding hydrogens is 268 g/mol. The van der Waals surface area contributed by atoms with Crippen molar-refractivity contribution in [2.24, 2.45) is 0 Å². The minimum absolute atomic E-state index is 0.295. The summed E-state index contributed by atoms with van der Waals surface area (Å²) in [4.78, 5) is 14.0. The fourth-order valence-electron chi connectivity index (χ4n) is 2.31. The van der Waals surface area contributed by atoms with Crippen molar-refractivity contribution < 1.29 is 4.42 Å². The van der Waals surface area contributed by atoms with Crippen LogP contribution in [0.5, 0.6) is 0 Å². The first-order chi connectivity index (χ1) is 10.2. The zero-order valence-corrected chi connectivity index (χ0v) is 12.0. The molecule has 0 spiro atoms. The van der Waals surface area contributed by atoms with E-state index in [-0.39, 0.29) is 5.76 Å². The van der Waals surface area contributed by atoms with Gasteiger partial charge in [-0.05, 0) is 25.2 Å². The fraction of sp³-hybridized carbons (Fsp3) is 0.333. The van der Waals surface area contributed by atoms with Crippen molar-refractivity contribution in [3.8, 4) is 0 Å². The maximum Gasteiger partial charge on any atom is 0.419 e. The number of hydrogen-bond donors (Lipinski definition) is 0. The van der Waals surface area contributed by atoms with Gasteiger partial charge >= 0.3 is 5.76 Å². The fourth-order valence-corrected chi connectivity index (χ4v) is 2.31. The van der Waals surface area contributed by atoms with E-state index in [4.69, 9.17) is 4.42 Å². The summed E-state index contributed by atoms with van der Waals surface area (Å²) >= 11 is 0. The van der Waals surface area contributed by atoms with Crippen LogP contribution in [0.1, 0.15) is 0 Å². The SMILES string of the molecule is CN(CCn1cccn1)CCn1c(=O)oc2ccccc21. The highest BCUT2D eigenvalue weighted by Gasteiger charge is 2.09. The van der Waals surface area contributed by atoms with E-state index in [9.17, 15) is 4.79 Å². The molecule has 0 bridgehead atoms. The van der Waals surface area contributed by atoms with Gasteiger partial charge in [0.15, 0.2) is 5.58 Å². The number of rotatable bonds is 6. The maximum absolute atomic E-state index is 11.9. The Morgan fingerprint density at radius 1 is 1.19 bits per heavy atom.